The second-order valence-electron chi connectivity index (χ2n) is 7.65. The number of carbonyl (C=O) groups is 3. The monoisotopic (exact) mass is 438 g/mol. The van der Waals surface area contributed by atoms with E-state index in [4.69, 9.17) is 0 Å². The molecule has 0 spiro atoms. The van der Waals surface area contributed by atoms with Crippen LogP contribution in [0.2, 0.25) is 0 Å². The molecular weight excluding hydrogens is 420 g/mol. The molecule has 4 aromatic rings. The van der Waals surface area contributed by atoms with Gasteiger partial charge < -0.3 is 5.32 Å². The van der Waals surface area contributed by atoms with Gasteiger partial charge in [-0.15, -0.1) is 5.10 Å². The van der Waals surface area contributed by atoms with E-state index < -0.39 is 5.91 Å². The van der Waals surface area contributed by atoms with Gasteiger partial charge in [-0.3, -0.25) is 19.3 Å². The Labute approximate surface area is 188 Å². The van der Waals surface area contributed by atoms with Crippen molar-refractivity contribution in [3.05, 3.63) is 101 Å². The van der Waals surface area contributed by atoms with Gasteiger partial charge in [0.15, 0.2) is 0 Å². The molecule has 0 fully saturated rings. The zero-order valence-electron chi connectivity index (χ0n) is 17.6. The van der Waals surface area contributed by atoms with Crippen molar-refractivity contribution in [2.24, 2.45) is 0 Å². The van der Waals surface area contributed by atoms with Crippen molar-refractivity contribution in [1.82, 2.24) is 25.1 Å². The lowest BCUT2D eigenvalue weighted by atomic mass is 10.1. The molecule has 33 heavy (non-hydrogen) atoms. The van der Waals surface area contributed by atoms with Crippen LogP contribution in [0.5, 0.6) is 0 Å². The van der Waals surface area contributed by atoms with Crippen LogP contribution in [0.15, 0.2) is 73.1 Å². The maximum absolute atomic E-state index is 12.9. The summed E-state index contributed by atoms with van der Waals surface area (Å²) in [5.74, 6) is -1.15. The first-order chi connectivity index (χ1) is 16.0. The van der Waals surface area contributed by atoms with Crippen LogP contribution in [0.25, 0.3) is 5.69 Å². The average Bonchev–Trinajstić information content (AvgIpc) is 3.43. The second-order valence-corrected chi connectivity index (χ2v) is 7.65. The molecule has 1 aromatic heterocycles. The molecule has 1 aliphatic rings. The van der Waals surface area contributed by atoms with Gasteiger partial charge in [0.1, 0.15) is 6.33 Å². The quantitative estimate of drug-likeness (QED) is 0.480. The van der Waals surface area contributed by atoms with Gasteiger partial charge in [-0.05, 0) is 64.9 Å². The summed E-state index contributed by atoms with van der Waals surface area (Å²) >= 11 is 0. The molecule has 3 amide bonds. The van der Waals surface area contributed by atoms with Gasteiger partial charge in [0.05, 0.1) is 23.4 Å². The topological polar surface area (TPSA) is 110 Å². The number of imide groups is 1. The second kappa shape index (κ2) is 8.12. The molecule has 0 bridgehead atoms. The zero-order chi connectivity index (χ0) is 22.9. The molecule has 9 heteroatoms. The lowest BCUT2D eigenvalue weighted by Gasteiger charge is -2.13. The Morgan fingerprint density at radius 3 is 2.45 bits per heavy atom. The van der Waals surface area contributed by atoms with E-state index in [1.165, 1.54) is 28.0 Å². The molecule has 162 valence electrons. The number of nitrogens with zero attached hydrogens (tertiary/aromatic N) is 5. The Kier molecular flexibility index (Phi) is 4.98. The Morgan fingerprint density at radius 2 is 1.73 bits per heavy atom. The molecule has 0 radical (unpaired) electrons. The first kappa shape index (κ1) is 20.3. The number of hydrogen-bond acceptors (Lipinski definition) is 6. The molecule has 0 atom stereocenters. The number of rotatable bonds is 5. The number of aryl methyl sites for hydroxylation is 1. The standard InChI is InChI=1S/C24H18N6O3/c1-15-11-18(8-10-21(15)30-14-25-27-28-30)26-22(31)17-7-9-19-20(12-17)24(33)29(23(19)32)13-16-5-3-2-4-6-16/h2-12,14H,13H2,1H3,(H,26,31). The summed E-state index contributed by atoms with van der Waals surface area (Å²) in [7, 11) is 0. The predicted molar refractivity (Wildman–Crippen MR) is 119 cm³/mol. The normalized spacial score (nSPS) is 12.7. The molecule has 3 aromatic carbocycles. The highest BCUT2D eigenvalue weighted by Gasteiger charge is 2.36. The van der Waals surface area contributed by atoms with E-state index in [9.17, 15) is 14.4 Å². The van der Waals surface area contributed by atoms with Crippen molar-refractivity contribution in [2.45, 2.75) is 13.5 Å². The third-order valence-electron chi connectivity index (χ3n) is 5.47. The molecule has 0 saturated heterocycles. The van der Waals surface area contributed by atoms with Gasteiger partial charge in [-0.1, -0.05) is 30.3 Å². The fourth-order valence-electron chi connectivity index (χ4n) is 3.81. The Bertz CT molecular complexity index is 1380. The third kappa shape index (κ3) is 3.76. The van der Waals surface area contributed by atoms with Gasteiger partial charge in [-0.2, -0.15) is 0 Å². The number of amides is 3. The van der Waals surface area contributed by atoms with Gasteiger partial charge in [0, 0.05) is 11.3 Å². The van der Waals surface area contributed by atoms with E-state index in [2.05, 4.69) is 20.8 Å². The molecule has 1 N–H and O–H groups in total. The number of fused-ring (bicyclic) bond motifs is 1. The maximum atomic E-state index is 12.9. The number of benzene rings is 3. The molecule has 2 heterocycles. The first-order valence-corrected chi connectivity index (χ1v) is 10.2. The van der Waals surface area contributed by atoms with E-state index in [1.54, 1.807) is 24.3 Å². The van der Waals surface area contributed by atoms with E-state index in [1.807, 2.05) is 37.3 Å². The van der Waals surface area contributed by atoms with Gasteiger partial charge >= 0.3 is 0 Å². The molecular formula is C24H18N6O3. The first-order valence-electron chi connectivity index (χ1n) is 10.2. The molecule has 0 aliphatic carbocycles. The van der Waals surface area contributed by atoms with Crippen LogP contribution < -0.4 is 5.32 Å². The van der Waals surface area contributed by atoms with E-state index >= 15 is 0 Å². The zero-order valence-corrected chi connectivity index (χ0v) is 17.6. The van der Waals surface area contributed by atoms with E-state index in [-0.39, 0.29) is 23.9 Å². The number of nitrogens with one attached hydrogen (secondary N) is 1. The fraction of sp³-hybridized carbons (Fsp3) is 0.0833. The summed E-state index contributed by atoms with van der Waals surface area (Å²) in [6.07, 6.45) is 1.49. The number of hydrogen-bond donors (Lipinski definition) is 1. The average molecular weight is 438 g/mol. The number of carbonyl (C=O) groups excluding carboxylic acids is 3. The summed E-state index contributed by atoms with van der Waals surface area (Å²) in [4.78, 5) is 39.7. The highest BCUT2D eigenvalue weighted by Crippen LogP contribution is 2.26. The Balaban J connectivity index is 1.35. The van der Waals surface area contributed by atoms with Crippen LogP contribution in [0.1, 0.15) is 42.2 Å². The van der Waals surface area contributed by atoms with Crippen molar-refractivity contribution in [2.75, 3.05) is 5.32 Å². The maximum Gasteiger partial charge on any atom is 0.261 e. The Morgan fingerprint density at radius 1 is 0.939 bits per heavy atom. The van der Waals surface area contributed by atoms with Crippen LogP contribution in [0, 0.1) is 6.92 Å². The van der Waals surface area contributed by atoms with Gasteiger partial charge in [0.25, 0.3) is 17.7 Å². The fourth-order valence-corrected chi connectivity index (χ4v) is 3.81. The third-order valence-corrected chi connectivity index (χ3v) is 5.47. The molecule has 9 nitrogen and oxygen atoms in total. The highest BCUT2D eigenvalue weighted by molar-refractivity contribution is 6.22. The molecule has 0 saturated carbocycles. The minimum atomic E-state index is -0.407. The van der Waals surface area contributed by atoms with Crippen molar-refractivity contribution < 1.29 is 14.4 Å². The number of aromatic nitrogens is 4. The van der Waals surface area contributed by atoms with Crippen molar-refractivity contribution in [3.8, 4) is 5.69 Å². The number of anilines is 1. The number of tetrazole rings is 1. The molecule has 0 unspecified atom stereocenters. The molecule has 5 rings (SSSR count). The highest BCUT2D eigenvalue weighted by atomic mass is 16.2. The summed E-state index contributed by atoms with van der Waals surface area (Å²) in [6, 6.07) is 19.2. The molecule has 1 aliphatic heterocycles. The minimum Gasteiger partial charge on any atom is -0.322 e. The lowest BCUT2D eigenvalue weighted by Crippen LogP contribution is -2.29. The summed E-state index contributed by atoms with van der Waals surface area (Å²) in [6.45, 7) is 2.06. The van der Waals surface area contributed by atoms with Crippen LogP contribution in [0.3, 0.4) is 0 Å². The largest absolute Gasteiger partial charge is 0.322 e. The summed E-state index contributed by atoms with van der Waals surface area (Å²) in [5.41, 5.74) is 3.92. The minimum absolute atomic E-state index is 0.182. The smallest absolute Gasteiger partial charge is 0.261 e. The summed E-state index contributed by atoms with van der Waals surface area (Å²) < 4.78 is 1.53. The van der Waals surface area contributed by atoms with Crippen LogP contribution in [0.4, 0.5) is 5.69 Å². The van der Waals surface area contributed by atoms with Crippen molar-refractivity contribution >= 4 is 23.4 Å². The van der Waals surface area contributed by atoms with E-state index in [0.29, 0.717) is 16.8 Å². The SMILES string of the molecule is Cc1cc(NC(=O)c2ccc3c(c2)C(=O)N(Cc2ccccc2)C3=O)ccc1-n1cnnn1. The lowest BCUT2D eigenvalue weighted by molar-refractivity contribution is 0.0642. The van der Waals surface area contributed by atoms with Crippen LogP contribution in [-0.2, 0) is 6.54 Å². The predicted octanol–water partition coefficient (Wildman–Crippen LogP) is 3.02. The Hall–Kier alpha value is -4.66. The van der Waals surface area contributed by atoms with Crippen molar-refractivity contribution in [1.29, 1.82) is 0 Å². The van der Waals surface area contributed by atoms with Crippen molar-refractivity contribution in [3.63, 3.8) is 0 Å². The summed E-state index contributed by atoms with van der Waals surface area (Å²) in [5, 5.41) is 14.0. The van der Waals surface area contributed by atoms with Gasteiger partial charge in [0.2, 0.25) is 0 Å². The van der Waals surface area contributed by atoms with Crippen LogP contribution in [-0.4, -0.2) is 42.8 Å². The van der Waals surface area contributed by atoms with Gasteiger partial charge in [-0.25, -0.2) is 4.68 Å². The van der Waals surface area contributed by atoms with E-state index in [0.717, 1.165) is 16.8 Å². The van der Waals surface area contributed by atoms with Crippen LogP contribution >= 0.6 is 0 Å².